The molecule has 1 saturated heterocycles. The fourth-order valence-electron chi connectivity index (χ4n) is 4.50. The second kappa shape index (κ2) is 13.6. The third-order valence-electron chi connectivity index (χ3n) is 6.54. The molecule has 0 saturated carbocycles. The van der Waals surface area contributed by atoms with Gasteiger partial charge in [-0.25, -0.2) is 0 Å². The van der Waals surface area contributed by atoms with Crippen LogP contribution in [0.4, 0.5) is 29.1 Å². The predicted octanol–water partition coefficient (Wildman–Crippen LogP) is 2.22. The molecule has 0 radical (unpaired) electrons. The van der Waals surface area contributed by atoms with Crippen molar-refractivity contribution in [2.24, 2.45) is 0 Å². The van der Waals surface area contributed by atoms with E-state index in [-0.39, 0.29) is 35.7 Å². The average Bonchev–Trinajstić information content (AvgIpc) is 3.27. The first kappa shape index (κ1) is 31.4. The molecule has 4 N–H and O–H groups in total. The topological polar surface area (TPSA) is 103 Å². The van der Waals surface area contributed by atoms with Crippen LogP contribution in [0.15, 0.2) is 36.7 Å². The van der Waals surface area contributed by atoms with E-state index in [1.165, 1.54) is 23.9 Å². The molecular weight excluding hydrogens is 623 g/mol. The number of likely N-dealkylation sites (tertiary alicyclic amines) is 1. The van der Waals surface area contributed by atoms with Gasteiger partial charge in [-0.2, -0.15) is 0 Å². The third-order valence-corrected chi connectivity index (χ3v) is 8.31. The predicted molar refractivity (Wildman–Crippen MR) is 153 cm³/mol. The number of aliphatic hydroxyl groups excluding tert-OH is 1. The summed E-state index contributed by atoms with van der Waals surface area (Å²) in [6.07, 6.45) is 1.53. The van der Waals surface area contributed by atoms with Gasteiger partial charge in [-0.15, -0.1) is 0 Å². The third kappa shape index (κ3) is 8.07. The molecular formula is C28H32F4N6O3Se. The van der Waals surface area contributed by atoms with E-state index in [1.54, 1.807) is 31.2 Å². The number of nitrogens with zero attached hydrogens (tertiary/aromatic N) is 3. The van der Waals surface area contributed by atoms with E-state index in [0.29, 0.717) is 41.3 Å². The molecule has 4 rings (SSSR count). The van der Waals surface area contributed by atoms with Gasteiger partial charge in [0.1, 0.15) is 0 Å². The Kier molecular flexibility index (Phi) is 10.2. The number of nitrogens with one attached hydrogen (secondary N) is 3. The number of aliphatic hydroxyl groups is 1. The summed E-state index contributed by atoms with van der Waals surface area (Å²) in [5.74, 6) is 6.07. The molecule has 2 aromatic heterocycles. The summed E-state index contributed by atoms with van der Waals surface area (Å²) in [6.45, 7) is 2.63. The first-order valence-electron chi connectivity index (χ1n) is 13.2. The fourth-order valence-corrected chi connectivity index (χ4v) is 5.96. The van der Waals surface area contributed by atoms with E-state index < -0.39 is 38.3 Å². The summed E-state index contributed by atoms with van der Waals surface area (Å²) in [5.41, 5.74) is 1.38. The summed E-state index contributed by atoms with van der Waals surface area (Å²) in [7, 11) is 3.30. The van der Waals surface area contributed by atoms with Gasteiger partial charge in [-0.1, -0.05) is 0 Å². The minimum atomic E-state index is -4.42. The molecule has 42 heavy (non-hydrogen) atoms. The summed E-state index contributed by atoms with van der Waals surface area (Å²) < 4.78 is 62.2. The standard InChI is InChI=1S/C28H32F4N6O3Se/c1-17(39)15-35-26(40)18-6-7-24(41-3)22(13-18)33-9-4-5-19-14-23-25(36-21-8-11-37(2)16-20(21)29)34-10-12-38(23)27(19)42-28(30,31)32/h6-7,10,12-14,17,20-21,33,39H,8-9,11,15-16H2,1-3H3,(H,34,36)(H,35,40)/t17-,20+,21-/m1/s1. The molecule has 0 unspecified atom stereocenters. The Labute approximate surface area is 247 Å². The van der Waals surface area contributed by atoms with Gasteiger partial charge in [0.15, 0.2) is 0 Å². The first-order chi connectivity index (χ1) is 19.9. The Bertz CT molecular complexity index is 1470. The second-order valence-corrected chi connectivity index (χ2v) is 12.1. The number of halogens is 4. The molecule has 9 nitrogen and oxygen atoms in total. The van der Waals surface area contributed by atoms with E-state index in [9.17, 15) is 27.5 Å². The SMILES string of the molecule is COc1ccc(C(=O)NC[C@@H](C)O)cc1NCC#Cc1cc2c(N[C@@H]3CCN(C)C[C@@H]3F)nccn2c1[Se]C(F)(F)F. The number of carbonyl (C=O) groups excluding carboxylic acids is 1. The van der Waals surface area contributed by atoms with Crippen LogP contribution in [-0.2, 0) is 0 Å². The zero-order valence-corrected chi connectivity index (χ0v) is 25.0. The number of carbonyl (C=O) groups is 1. The molecule has 226 valence electrons. The number of anilines is 2. The molecule has 0 spiro atoms. The number of hydrogen-bond acceptors (Lipinski definition) is 7. The monoisotopic (exact) mass is 656 g/mol. The Balaban J connectivity index is 1.57. The molecule has 0 aliphatic carbocycles. The number of alkyl halides is 4. The van der Waals surface area contributed by atoms with E-state index >= 15 is 0 Å². The molecule has 3 atom stereocenters. The number of rotatable bonds is 9. The number of hydrogen-bond donors (Lipinski definition) is 4. The van der Waals surface area contributed by atoms with Gasteiger partial charge >= 0.3 is 229 Å². The molecule has 3 aromatic rings. The molecule has 1 fully saturated rings. The van der Waals surface area contributed by atoms with Crippen LogP contribution in [0.3, 0.4) is 0 Å². The zero-order valence-electron chi connectivity index (χ0n) is 23.3. The Morgan fingerprint density at radius 1 is 1.33 bits per heavy atom. The van der Waals surface area contributed by atoms with Crippen LogP contribution in [0.5, 0.6) is 5.75 Å². The maximum atomic E-state index is 14.7. The van der Waals surface area contributed by atoms with Gasteiger partial charge < -0.3 is 5.11 Å². The van der Waals surface area contributed by atoms with Crippen LogP contribution in [0.25, 0.3) is 5.52 Å². The van der Waals surface area contributed by atoms with Crippen LogP contribution in [-0.4, -0.2) is 104 Å². The van der Waals surface area contributed by atoms with Crippen LogP contribution in [0, 0.1) is 11.8 Å². The molecule has 1 aromatic carbocycles. The Hall–Kier alpha value is -3.50. The minimum absolute atomic E-state index is 0.0116. The molecule has 1 aliphatic rings. The Morgan fingerprint density at radius 3 is 2.81 bits per heavy atom. The summed E-state index contributed by atoms with van der Waals surface area (Å²) in [5, 5.41) is 13.7. The number of benzene rings is 1. The second-order valence-electron chi connectivity index (χ2n) is 9.89. The normalized spacial score (nSPS) is 18.2. The van der Waals surface area contributed by atoms with Gasteiger partial charge in [0, 0.05) is 0 Å². The Morgan fingerprint density at radius 2 is 2.12 bits per heavy atom. The van der Waals surface area contributed by atoms with Crippen LogP contribution in [0.1, 0.15) is 29.3 Å². The van der Waals surface area contributed by atoms with Crippen molar-refractivity contribution < 1.29 is 32.2 Å². The van der Waals surface area contributed by atoms with E-state index in [2.05, 4.69) is 32.8 Å². The molecule has 1 amide bonds. The van der Waals surface area contributed by atoms with Crippen molar-refractivity contribution in [3.63, 3.8) is 0 Å². The first-order valence-corrected chi connectivity index (χ1v) is 14.9. The number of aromatic nitrogens is 2. The number of piperidine rings is 1. The van der Waals surface area contributed by atoms with Crippen LogP contribution < -0.4 is 25.3 Å². The van der Waals surface area contributed by atoms with Crippen molar-refractivity contribution in [3.8, 4) is 17.6 Å². The maximum absolute atomic E-state index is 14.7. The fraction of sp³-hybridized carbons (Fsp3) is 0.429. The van der Waals surface area contributed by atoms with Gasteiger partial charge in [-0.3, -0.25) is 0 Å². The van der Waals surface area contributed by atoms with Crippen LogP contribution >= 0.6 is 0 Å². The van der Waals surface area contributed by atoms with Crippen molar-refractivity contribution in [1.29, 1.82) is 0 Å². The average molecular weight is 656 g/mol. The van der Waals surface area contributed by atoms with Crippen molar-refractivity contribution in [2.45, 2.75) is 36.7 Å². The van der Waals surface area contributed by atoms with E-state index in [1.807, 2.05) is 11.9 Å². The van der Waals surface area contributed by atoms with E-state index in [4.69, 9.17) is 4.74 Å². The van der Waals surface area contributed by atoms with Crippen molar-refractivity contribution >= 4 is 42.5 Å². The molecule has 1 aliphatic heterocycles. The summed E-state index contributed by atoms with van der Waals surface area (Å²) in [6, 6.07) is 5.77. The van der Waals surface area contributed by atoms with Crippen molar-refractivity contribution in [2.75, 3.05) is 51.0 Å². The van der Waals surface area contributed by atoms with Gasteiger partial charge in [0.25, 0.3) is 0 Å². The quantitative estimate of drug-likeness (QED) is 0.159. The molecule has 14 heteroatoms. The summed E-state index contributed by atoms with van der Waals surface area (Å²) >= 11 is -1.90. The molecule has 0 bridgehead atoms. The molecule has 3 heterocycles. The summed E-state index contributed by atoms with van der Waals surface area (Å²) in [4.78, 5) is 18.6. The van der Waals surface area contributed by atoms with Crippen molar-refractivity contribution in [3.05, 3.63) is 47.8 Å². The van der Waals surface area contributed by atoms with Crippen LogP contribution in [0.2, 0.25) is 0 Å². The number of methoxy groups -OCH3 is 1. The van der Waals surface area contributed by atoms with Crippen molar-refractivity contribution in [1.82, 2.24) is 19.6 Å². The van der Waals surface area contributed by atoms with Gasteiger partial charge in [0.05, 0.1) is 6.10 Å². The van der Waals surface area contributed by atoms with E-state index in [0.717, 1.165) is 0 Å². The number of amides is 1. The van der Waals surface area contributed by atoms with Gasteiger partial charge in [0.2, 0.25) is 0 Å². The van der Waals surface area contributed by atoms with Gasteiger partial charge in [-0.05, 0) is 6.92 Å². The number of fused-ring (bicyclic) bond motifs is 1. The number of ether oxygens (including phenoxy) is 1. The zero-order chi connectivity index (χ0) is 30.4.